The number of aliphatic hydroxyl groups excluding tert-OH is 4. The number of rotatable bonds is 15. The van der Waals surface area contributed by atoms with Crippen molar-refractivity contribution in [2.75, 3.05) is 13.3 Å². The molecule has 7 atom stereocenters. The lowest BCUT2D eigenvalue weighted by Gasteiger charge is -2.57. The molecule has 1 heterocycles. The Kier molecular flexibility index (Phi) is 10.8. The molecule has 0 radical (unpaired) electrons. The van der Waals surface area contributed by atoms with Crippen molar-refractivity contribution in [1.29, 1.82) is 0 Å². The van der Waals surface area contributed by atoms with Crippen molar-refractivity contribution in [1.82, 2.24) is 21.3 Å². The highest BCUT2D eigenvalue weighted by atomic mass is 16.6. The second-order valence-corrected chi connectivity index (χ2v) is 12.5. The number of amides is 2. The summed E-state index contributed by atoms with van der Waals surface area (Å²) >= 11 is 0. The number of aliphatic hydroxyl groups is 4. The first kappa shape index (κ1) is 32.5. The molecular formula is C27H44N4O11. The zero-order valence-corrected chi connectivity index (χ0v) is 23.5. The van der Waals surface area contributed by atoms with E-state index in [-0.39, 0.29) is 37.9 Å². The van der Waals surface area contributed by atoms with E-state index in [1.54, 1.807) is 0 Å². The molecule has 1 unspecified atom stereocenters. The van der Waals surface area contributed by atoms with E-state index < -0.39 is 73.1 Å². The average Bonchev–Trinajstić information content (AvgIpc) is 2.90. The Morgan fingerprint density at radius 3 is 1.88 bits per heavy atom. The number of carboxylic acids is 2. The molecule has 0 spiro atoms. The first-order chi connectivity index (χ1) is 19.9. The smallest absolute Gasteiger partial charge is 0.303 e. The third-order valence-corrected chi connectivity index (χ3v) is 9.26. The maximum atomic E-state index is 13.5. The molecule has 0 aromatic rings. The van der Waals surface area contributed by atoms with Crippen LogP contribution in [0.5, 0.6) is 0 Å². The zero-order valence-electron chi connectivity index (χ0n) is 23.5. The molecule has 1 aliphatic heterocycles. The van der Waals surface area contributed by atoms with Crippen LogP contribution in [0.25, 0.3) is 0 Å². The fraction of sp³-hybridized carbons (Fsp3) is 0.852. The Bertz CT molecular complexity index is 962. The fourth-order valence-electron chi connectivity index (χ4n) is 7.63. The minimum atomic E-state index is -1.60. The Morgan fingerprint density at radius 1 is 0.810 bits per heavy atom. The van der Waals surface area contributed by atoms with Gasteiger partial charge in [-0.1, -0.05) is 0 Å². The summed E-state index contributed by atoms with van der Waals surface area (Å²) in [6.45, 7) is -0.868. The summed E-state index contributed by atoms with van der Waals surface area (Å²) < 4.78 is 5.10. The van der Waals surface area contributed by atoms with Gasteiger partial charge in [-0.2, -0.15) is 0 Å². The lowest BCUT2D eigenvalue weighted by atomic mass is 9.53. The lowest BCUT2D eigenvalue weighted by Crippen LogP contribution is -2.65. The maximum Gasteiger partial charge on any atom is 0.303 e. The minimum Gasteiger partial charge on any atom is -0.481 e. The summed E-state index contributed by atoms with van der Waals surface area (Å²) in [4.78, 5) is 49.4. The van der Waals surface area contributed by atoms with Crippen molar-refractivity contribution < 1.29 is 54.6 Å². The molecule has 2 amide bonds. The highest BCUT2D eigenvalue weighted by molar-refractivity contribution is 5.90. The van der Waals surface area contributed by atoms with E-state index in [1.165, 1.54) is 19.3 Å². The molecule has 1 saturated heterocycles. The van der Waals surface area contributed by atoms with E-state index in [0.29, 0.717) is 17.8 Å². The topological polar surface area (TPSA) is 247 Å². The first-order valence-electron chi connectivity index (χ1n) is 14.7. The SMILES string of the molecule is O=C(O)CC[C@H](NCN[C@H]1C(O)O[C@H](CO)[C@H](O)[C@@H]1O)C(=O)N[C@@H](CCC(=O)O)C(=O)NC12CC3CC(CC(C3)C1)C2. The standard InChI is InChI=1S/C27H44N4O11/c32-11-18-22(37)23(38)21(26(41)42-18)29-12-28-16(1-3-19(33)34)24(39)30-17(2-4-20(35)36)25(40)31-27-8-13-5-14(9-27)7-15(6-13)10-27/h13-18,21-23,26,28-29,32,37-38,41H,1-12H2,(H,30,39)(H,31,40)(H,33,34)(H,35,36)/t13?,14?,15?,16-,17-,18+,21+,22-,23+,26?,27?/m0/s1. The predicted molar refractivity (Wildman–Crippen MR) is 143 cm³/mol. The lowest BCUT2D eigenvalue weighted by molar-refractivity contribution is -0.254. The molecule has 4 aliphatic carbocycles. The van der Waals surface area contributed by atoms with Gasteiger partial charge >= 0.3 is 11.9 Å². The number of hydrogen-bond acceptors (Lipinski definition) is 11. The van der Waals surface area contributed by atoms with Gasteiger partial charge in [0.05, 0.1) is 18.7 Å². The molecule has 10 N–H and O–H groups in total. The van der Waals surface area contributed by atoms with Gasteiger partial charge < -0.3 is 46.0 Å². The summed E-state index contributed by atoms with van der Waals surface area (Å²) in [7, 11) is 0. The Hall–Kier alpha value is -2.40. The normalized spacial score (nSPS) is 36.7. The third-order valence-electron chi connectivity index (χ3n) is 9.26. The van der Waals surface area contributed by atoms with Crippen LogP contribution < -0.4 is 21.3 Å². The summed E-state index contributed by atoms with van der Waals surface area (Å²) in [5, 5.41) is 69.5. The van der Waals surface area contributed by atoms with Gasteiger partial charge in [-0.15, -0.1) is 0 Å². The minimum absolute atomic E-state index is 0.148. The second-order valence-electron chi connectivity index (χ2n) is 12.5. The van der Waals surface area contributed by atoms with Gasteiger partial charge in [-0.25, -0.2) is 0 Å². The van der Waals surface area contributed by atoms with Crippen LogP contribution in [0.2, 0.25) is 0 Å². The summed E-state index contributed by atoms with van der Waals surface area (Å²) in [6, 6.07) is -3.49. The number of carbonyl (C=O) groups is 4. The molecule has 15 nitrogen and oxygen atoms in total. The highest BCUT2D eigenvalue weighted by Gasteiger charge is 2.52. The Morgan fingerprint density at radius 2 is 1.36 bits per heavy atom. The van der Waals surface area contributed by atoms with Gasteiger partial charge in [0, 0.05) is 25.0 Å². The van der Waals surface area contributed by atoms with Crippen LogP contribution in [-0.4, -0.2) is 116 Å². The highest BCUT2D eigenvalue weighted by Crippen LogP contribution is 2.55. The van der Waals surface area contributed by atoms with Crippen LogP contribution in [0, 0.1) is 17.8 Å². The number of carboxylic acid groups (broad SMARTS) is 2. The summed E-state index contributed by atoms with van der Waals surface area (Å²) in [5.41, 5.74) is -0.355. The molecular weight excluding hydrogens is 556 g/mol. The van der Waals surface area contributed by atoms with E-state index in [0.717, 1.165) is 19.3 Å². The van der Waals surface area contributed by atoms with Crippen molar-refractivity contribution in [3.8, 4) is 0 Å². The van der Waals surface area contributed by atoms with Crippen molar-refractivity contribution in [3.05, 3.63) is 0 Å². The molecule has 15 heteroatoms. The van der Waals surface area contributed by atoms with Crippen LogP contribution in [0.3, 0.4) is 0 Å². The van der Waals surface area contributed by atoms with Crippen LogP contribution in [0.1, 0.15) is 64.2 Å². The van der Waals surface area contributed by atoms with Gasteiger partial charge in [0.15, 0.2) is 6.29 Å². The van der Waals surface area contributed by atoms with Crippen molar-refractivity contribution in [3.63, 3.8) is 0 Å². The molecule has 5 aliphatic rings. The predicted octanol–water partition coefficient (Wildman–Crippen LogP) is -2.41. The van der Waals surface area contributed by atoms with E-state index >= 15 is 0 Å². The zero-order chi connectivity index (χ0) is 30.6. The second kappa shape index (κ2) is 13.9. The number of aliphatic carboxylic acids is 2. The van der Waals surface area contributed by atoms with E-state index in [2.05, 4.69) is 21.3 Å². The third kappa shape index (κ3) is 7.95. The largest absolute Gasteiger partial charge is 0.481 e. The molecule has 0 aromatic carbocycles. The van der Waals surface area contributed by atoms with E-state index in [4.69, 9.17) is 4.74 Å². The van der Waals surface area contributed by atoms with Gasteiger partial charge in [0.25, 0.3) is 0 Å². The summed E-state index contributed by atoms with van der Waals surface area (Å²) in [6.07, 6.45) is -0.760. The first-order valence-corrected chi connectivity index (χ1v) is 14.7. The number of ether oxygens (including phenoxy) is 1. The number of nitrogens with one attached hydrogen (secondary N) is 4. The number of hydrogen-bond donors (Lipinski definition) is 10. The van der Waals surface area contributed by atoms with Gasteiger partial charge in [0.1, 0.15) is 24.4 Å². The van der Waals surface area contributed by atoms with Crippen LogP contribution in [0.15, 0.2) is 0 Å². The van der Waals surface area contributed by atoms with E-state index in [9.17, 15) is 49.8 Å². The Labute approximate surface area is 243 Å². The Balaban J connectivity index is 1.38. The van der Waals surface area contributed by atoms with Crippen molar-refractivity contribution in [2.45, 2.75) is 112 Å². The molecule has 42 heavy (non-hydrogen) atoms. The average molecular weight is 601 g/mol. The monoisotopic (exact) mass is 600 g/mol. The number of carbonyl (C=O) groups excluding carboxylic acids is 2. The molecule has 5 fully saturated rings. The quantitative estimate of drug-likeness (QED) is 0.0881. The van der Waals surface area contributed by atoms with Crippen LogP contribution in [-0.2, 0) is 23.9 Å². The molecule has 238 valence electrons. The molecule has 4 saturated carbocycles. The van der Waals surface area contributed by atoms with Crippen molar-refractivity contribution >= 4 is 23.8 Å². The van der Waals surface area contributed by atoms with Crippen LogP contribution in [0.4, 0.5) is 0 Å². The van der Waals surface area contributed by atoms with E-state index in [1.807, 2.05) is 0 Å². The summed E-state index contributed by atoms with van der Waals surface area (Å²) in [5.74, 6) is -1.78. The molecule has 0 aromatic heterocycles. The van der Waals surface area contributed by atoms with Crippen molar-refractivity contribution in [2.24, 2.45) is 17.8 Å². The van der Waals surface area contributed by atoms with Gasteiger partial charge in [0.2, 0.25) is 11.8 Å². The molecule has 4 bridgehead atoms. The van der Waals surface area contributed by atoms with Gasteiger partial charge in [-0.05, 0) is 69.1 Å². The maximum absolute atomic E-state index is 13.5. The van der Waals surface area contributed by atoms with Gasteiger partial charge in [-0.3, -0.25) is 29.8 Å². The fourth-order valence-corrected chi connectivity index (χ4v) is 7.63. The van der Waals surface area contributed by atoms with Crippen LogP contribution >= 0.6 is 0 Å². The molecule has 5 rings (SSSR count).